The molecule has 0 saturated carbocycles. The van der Waals surface area contributed by atoms with Crippen LogP contribution in [-0.4, -0.2) is 31.0 Å². The largest absolute Gasteiger partial charge is 0.493 e. The van der Waals surface area contributed by atoms with Crippen LogP contribution in [0.1, 0.15) is 25.0 Å². The van der Waals surface area contributed by atoms with Crippen LogP contribution in [0.3, 0.4) is 0 Å². The van der Waals surface area contributed by atoms with Crippen molar-refractivity contribution in [3.05, 3.63) is 59.4 Å². The maximum absolute atomic E-state index is 13.1. The van der Waals surface area contributed by atoms with Gasteiger partial charge in [-0.1, -0.05) is 30.3 Å². The molecule has 1 amide bonds. The fourth-order valence-electron chi connectivity index (χ4n) is 2.94. The number of amides is 1. The summed E-state index contributed by atoms with van der Waals surface area (Å²) < 4.78 is 17.6. The SMILES string of the molecule is CCN(CC)C(=O)C1=C(c2ccccc2C)Oc2c(OC)cccc2O1. The minimum absolute atomic E-state index is 0.193. The first-order chi connectivity index (χ1) is 12.6. The van der Waals surface area contributed by atoms with Crippen molar-refractivity contribution >= 4 is 11.7 Å². The van der Waals surface area contributed by atoms with Crippen LogP contribution >= 0.6 is 0 Å². The highest BCUT2D eigenvalue weighted by Gasteiger charge is 2.32. The van der Waals surface area contributed by atoms with Gasteiger partial charge in [-0.05, 0) is 38.5 Å². The fourth-order valence-corrected chi connectivity index (χ4v) is 2.94. The van der Waals surface area contributed by atoms with Crippen LogP contribution in [-0.2, 0) is 4.79 Å². The maximum Gasteiger partial charge on any atom is 0.293 e. The van der Waals surface area contributed by atoms with Gasteiger partial charge in [0.1, 0.15) is 0 Å². The van der Waals surface area contributed by atoms with Gasteiger partial charge in [0.25, 0.3) is 5.91 Å². The monoisotopic (exact) mass is 353 g/mol. The zero-order valence-electron chi connectivity index (χ0n) is 15.5. The van der Waals surface area contributed by atoms with E-state index in [2.05, 4.69) is 0 Å². The Morgan fingerprint density at radius 1 is 1.04 bits per heavy atom. The van der Waals surface area contributed by atoms with Gasteiger partial charge in [0.15, 0.2) is 17.3 Å². The lowest BCUT2D eigenvalue weighted by molar-refractivity contribution is -0.129. The third kappa shape index (κ3) is 3.12. The molecule has 1 aliphatic heterocycles. The average Bonchev–Trinajstić information content (AvgIpc) is 2.67. The Labute approximate surface area is 153 Å². The van der Waals surface area contributed by atoms with Crippen LogP contribution in [0, 0.1) is 6.92 Å². The zero-order chi connectivity index (χ0) is 18.7. The van der Waals surface area contributed by atoms with E-state index in [1.54, 1.807) is 30.2 Å². The number of likely N-dealkylation sites (N-methyl/N-ethyl adjacent to an activating group) is 1. The van der Waals surface area contributed by atoms with Gasteiger partial charge in [-0.2, -0.15) is 0 Å². The van der Waals surface area contributed by atoms with Crippen LogP contribution in [0.25, 0.3) is 5.76 Å². The Morgan fingerprint density at radius 2 is 1.77 bits per heavy atom. The smallest absolute Gasteiger partial charge is 0.293 e. The quantitative estimate of drug-likeness (QED) is 0.815. The van der Waals surface area contributed by atoms with Gasteiger partial charge in [0.05, 0.1) is 7.11 Å². The molecule has 0 radical (unpaired) electrons. The van der Waals surface area contributed by atoms with Crippen molar-refractivity contribution in [3.63, 3.8) is 0 Å². The average molecular weight is 353 g/mol. The molecule has 26 heavy (non-hydrogen) atoms. The number of fused-ring (bicyclic) bond motifs is 1. The fraction of sp³-hybridized carbons (Fsp3) is 0.286. The first kappa shape index (κ1) is 17.9. The number of ether oxygens (including phenoxy) is 3. The number of rotatable bonds is 5. The Hall–Kier alpha value is -2.95. The van der Waals surface area contributed by atoms with Crippen molar-refractivity contribution in [2.24, 2.45) is 0 Å². The van der Waals surface area contributed by atoms with Crippen LogP contribution < -0.4 is 14.2 Å². The summed E-state index contributed by atoms with van der Waals surface area (Å²) in [5, 5.41) is 0. The number of methoxy groups -OCH3 is 1. The van der Waals surface area contributed by atoms with Crippen molar-refractivity contribution in [2.45, 2.75) is 20.8 Å². The van der Waals surface area contributed by atoms with E-state index >= 15 is 0 Å². The molecular formula is C21H23NO4. The zero-order valence-corrected chi connectivity index (χ0v) is 15.5. The molecule has 1 aliphatic rings. The molecule has 0 unspecified atom stereocenters. The van der Waals surface area contributed by atoms with Crippen molar-refractivity contribution in [2.75, 3.05) is 20.2 Å². The molecule has 0 spiro atoms. The topological polar surface area (TPSA) is 48.0 Å². The molecule has 0 N–H and O–H groups in total. The van der Waals surface area contributed by atoms with Crippen LogP contribution in [0.4, 0.5) is 0 Å². The molecular weight excluding hydrogens is 330 g/mol. The third-order valence-electron chi connectivity index (χ3n) is 4.42. The van der Waals surface area contributed by atoms with E-state index in [-0.39, 0.29) is 11.7 Å². The number of carbonyl (C=O) groups is 1. The van der Waals surface area contributed by atoms with Crippen LogP contribution in [0.15, 0.2) is 48.2 Å². The second kappa shape index (κ2) is 7.52. The molecule has 0 aliphatic carbocycles. The molecule has 0 saturated heterocycles. The van der Waals surface area contributed by atoms with Gasteiger partial charge in [-0.25, -0.2) is 0 Å². The van der Waals surface area contributed by atoms with Gasteiger partial charge >= 0.3 is 0 Å². The Balaban J connectivity index is 2.17. The molecule has 0 bridgehead atoms. The standard InChI is InChI=1S/C21H23NO4/c1-5-22(6-2)21(23)20-18(15-11-8-7-10-14(15)3)26-19-16(24-4)12-9-13-17(19)25-20/h7-13H,5-6H2,1-4H3. The number of hydrogen-bond acceptors (Lipinski definition) is 4. The van der Waals surface area contributed by atoms with Crippen molar-refractivity contribution in [1.29, 1.82) is 0 Å². The van der Waals surface area contributed by atoms with Crippen molar-refractivity contribution < 1.29 is 19.0 Å². The van der Waals surface area contributed by atoms with Gasteiger partial charge in [0, 0.05) is 18.7 Å². The molecule has 3 rings (SSSR count). The number of hydrogen-bond donors (Lipinski definition) is 0. The van der Waals surface area contributed by atoms with Crippen LogP contribution in [0.5, 0.6) is 17.2 Å². The summed E-state index contributed by atoms with van der Waals surface area (Å²) >= 11 is 0. The number of para-hydroxylation sites is 1. The maximum atomic E-state index is 13.1. The predicted molar refractivity (Wildman–Crippen MR) is 100 cm³/mol. The summed E-state index contributed by atoms with van der Waals surface area (Å²) in [6, 6.07) is 13.1. The summed E-state index contributed by atoms with van der Waals surface area (Å²) in [6.07, 6.45) is 0. The molecule has 0 atom stereocenters. The lowest BCUT2D eigenvalue weighted by atomic mass is 10.1. The first-order valence-corrected chi connectivity index (χ1v) is 8.72. The highest BCUT2D eigenvalue weighted by Crippen LogP contribution is 2.45. The van der Waals surface area contributed by atoms with E-state index in [0.717, 1.165) is 11.1 Å². The molecule has 5 heteroatoms. The number of benzene rings is 2. The van der Waals surface area contributed by atoms with E-state index in [9.17, 15) is 4.79 Å². The van der Waals surface area contributed by atoms with E-state index in [4.69, 9.17) is 14.2 Å². The van der Waals surface area contributed by atoms with Crippen molar-refractivity contribution in [1.82, 2.24) is 4.90 Å². The van der Waals surface area contributed by atoms with Gasteiger partial charge in [-0.15, -0.1) is 0 Å². The Bertz CT molecular complexity index is 853. The van der Waals surface area contributed by atoms with Crippen LogP contribution in [0.2, 0.25) is 0 Å². The second-order valence-corrected chi connectivity index (χ2v) is 5.94. The Morgan fingerprint density at radius 3 is 2.42 bits per heavy atom. The Kier molecular flexibility index (Phi) is 5.16. The summed E-state index contributed by atoms with van der Waals surface area (Å²) in [5.74, 6) is 1.92. The van der Waals surface area contributed by atoms with Gasteiger partial charge in [0.2, 0.25) is 11.5 Å². The lowest BCUT2D eigenvalue weighted by Gasteiger charge is -2.28. The normalized spacial score (nSPS) is 12.8. The summed E-state index contributed by atoms with van der Waals surface area (Å²) in [7, 11) is 1.58. The molecule has 136 valence electrons. The molecule has 2 aromatic rings. The number of carbonyl (C=O) groups excluding carboxylic acids is 1. The number of aryl methyl sites for hydroxylation is 1. The highest BCUT2D eigenvalue weighted by molar-refractivity contribution is 6.00. The minimum atomic E-state index is -0.193. The highest BCUT2D eigenvalue weighted by atomic mass is 16.6. The summed E-state index contributed by atoms with van der Waals surface area (Å²) in [6.45, 7) is 7.04. The van der Waals surface area contributed by atoms with E-state index in [1.807, 2.05) is 45.0 Å². The van der Waals surface area contributed by atoms with Gasteiger partial charge in [-0.3, -0.25) is 4.79 Å². The first-order valence-electron chi connectivity index (χ1n) is 8.72. The number of nitrogens with zero attached hydrogens (tertiary/aromatic N) is 1. The van der Waals surface area contributed by atoms with E-state index in [1.165, 1.54) is 0 Å². The summed E-state index contributed by atoms with van der Waals surface area (Å²) in [5.41, 5.74) is 1.81. The van der Waals surface area contributed by atoms with Crippen molar-refractivity contribution in [3.8, 4) is 17.2 Å². The lowest BCUT2D eigenvalue weighted by Crippen LogP contribution is -2.35. The molecule has 5 nitrogen and oxygen atoms in total. The predicted octanol–water partition coefficient (Wildman–Crippen LogP) is 4.01. The minimum Gasteiger partial charge on any atom is -0.493 e. The third-order valence-corrected chi connectivity index (χ3v) is 4.42. The molecule has 0 fully saturated rings. The van der Waals surface area contributed by atoms with E-state index < -0.39 is 0 Å². The second-order valence-electron chi connectivity index (χ2n) is 5.94. The molecule has 1 heterocycles. The molecule has 2 aromatic carbocycles. The van der Waals surface area contributed by atoms with E-state index in [0.29, 0.717) is 36.1 Å². The summed E-state index contributed by atoms with van der Waals surface area (Å²) in [4.78, 5) is 14.8. The molecule has 0 aromatic heterocycles. The van der Waals surface area contributed by atoms with Gasteiger partial charge < -0.3 is 19.1 Å².